The van der Waals surface area contributed by atoms with Gasteiger partial charge in [-0.3, -0.25) is 0 Å². The average molecular weight is 208 g/mol. The molecule has 0 radical (unpaired) electrons. The van der Waals surface area contributed by atoms with Crippen LogP contribution in [0.5, 0.6) is 0 Å². The van der Waals surface area contributed by atoms with Crippen molar-refractivity contribution in [3.8, 4) is 0 Å². The van der Waals surface area contributed by atoms with Crippen LogP contribution in [-0.4, -0.2) is 0 Å². The van der Waals surface area contributed by atoms with Crippen molar-refractivity contribution in [2.45, 2.75) is 0 Å². The van der Waals surface area contributed by atoms with E-state index in [2.05, 4.69) is 29.1 Å². The van der Waals surface area contributed by atoms with Gasteiger partial charge in [-0.1, -0.05) is 24.8 Å². The molecule has 0 aliphatic carbocycles. The third kappa shape index (κ3) is 4.30. The van der Waals surface area contributed by atoms with Gasteiger partial charge in [-0.05, 0) is 22.0 Å². The number of allylic oxidation sites excluding steroid dienone is 3. The second-order valence-electron chi connectivity index (χ2n) is 1.47. The Hall–Kier alpha value is -0.210. The molecule has 0 bridgehead atoms. The van der Waals surface area contributed by atoms with Gasteiger partial charge < -0.3 is 5.73 Å². The highest BCUT2D eigenvalue weighted by atomic mass is 79.9. The van der Waals surface area contributed by atoms with Gasteiger partial charge in [0.05, 0.1) is 5.03 Å². The standard InChI is InChI=1S/C6H7BrClN/c1-4(9)3-6(8)5(2)7/h3H,1-2,9H2/b6-3+. The summed E-state index contributed by atoms with van der Waals surface area (Å²) in [7, 11) is 0. The molecule has 0 aliphatic rings. The quantitative estimate of drug-likeness (QED) is 0.693. The molecule has 50 valence electrons. The first-order chi connectivity index (χ1) is 4.04. The highest BCUT2D eigenvalue weighted by molar-refractivity contribution is 9.12. The molecule has 0 spiro atoms. The van der Waals surface area contributed by atoms with Crippen molar-refractivity contribution in [2.75, 3.05) is 0 Å². The van der Waals surface area contributed by atoms with Crippen LogP contribution in [0.25, 0.3) is 0 Å². The monoisotopic (exact) mass is 207 g/mol. The van der Waals surface area contributed by atoms with Crippen LogP contribution in [0, 0.1) is 0 Å². The highest BCUT2D eigenvalue weighted by Crippen LogP contribution is 2.18. The summed E-state index contributed by atoms with van der Waals surface area (Å²) in [5, 5.41) is 0.475. The molecule has 3 heteroatoms. The molecule has 0 saturated carbocycles. The lowest BCUT2D eigenvalue weighted by atomic mass is 10.4. The molecule has 1 nitrogen and oxygen atoms in total. The lowest BCUT2D eigenvalue weighted by Crippen LogP contribution is -1.89. The van der Waals surface area contributed by atoms with Gasteiger partial charge in [0.25, 0.3) is 0 Å². The molecule has 0 aromatic heterocycles. The normalized spacial score (nSPS) is 11.1. The van der Waals surface area contributed by atoms with Crippen molar-refractivity contribution in [3.05, 3.63) is 34.4 Å². The molecule has 0 rings (SSSR count). The van der Waals surface area contributed by atoms with Crippen LogP contribution in [0.3, 0.4) is 0 Å². The predicted molar refractivity (Wildman–Crippen MR) is 45.3 cm³/mol. The van der Waals surface area contributed by atoms with Crippen LogP contribution in [0.1, 0.15) is 0 Å². The smallest absolute Gasteiger partial charge is 0.0562 e. The Kier molecular flexibility index (Phi) is 3.66. The Labute approximate surface area is 68.0 Å². The lowest BCUT2D eigenvalue weighted by molar-refractivity contribution is 1.45. The van der Waals surface area contributed by atoms with Gasteiger partial charge in [0.2, 0.25) is 0 Å². The van der Waals surface area contributed by atoms with Crippen LogP contribution in [0.15, 0.2) is 34.4 Å². The van der Waals surface area contributed by atoms with E-state index in [0.29, 0.717) is 15.2 Å². The summed E-state index contributed by atoms with van der Waals surface area (Å²) >= 11 is 8.66. The zero-order valence-corrected chi connectivity index (χ0v) is 7.17. The van der Waals surface area contributed by atoms with E-state index in [9.17, 15) is 0 Å². The summed E-state index contributed by atoms with van der Waals surface area (Å²) in [6, 6.07) is 0. The van der Waals surface area contributed by atoms with Crippen LogP contribution >= 0.6 is 27.5 Å². The predicted octanol–water partition coefficient (Wildman–Crippen LogP) is 2.49. The minimum Gasteiger partial charge on any atom is -0.399 e. The van der Waals surface area contributed by atoms with Crippen molar-refractivity contribution >= 4 is 27.5 Å². The third-order valence-electron chi connectivity index (χ3n) is 0.571. The van der Waals surface area contributed by atoms with Crippen molar-refractivity contribution < 1.29 is 0 Å². The Morgan fingerprint density at radius 2 is 2.00 bits per heavy atom. The van der Waals surface area contributed by atoms with E-state index >= 15 is 0 Å². The zero-order valence-electron chi connectivity index (χ0n) is 4.82. The summed E-state index contributed by atoms with van der Waals surface area (Å²) in [6.07, 6.45) is 1.53. The molecule has 0 aliphatic heterocycles. The fourth-order valence-corrected chi connectivity index (χ4v) is 0.496. The van der Waals surface area contributed by atoms with Gasteiger partial charge in [-0.25, -0.2) is 0 Å². The van der Waals surface area contributed by atoms with E-state index in [4.69, 9.17) is 17.3 Å². The first kappa shape index (κ1) is 8.79. The second-order valence-corrected chi connectivity index (χ2v) is 2.84. The van der Waals surface area contributed by atoms with Crippen LogP contribution < -0.4 is 5.73 Å². The number of hydrogen-bond acceptors (Lipinski definition) is 1. The summed E-state index contributed by atoms with van der Waals surface area (Å²) in [6.45, 7) is 6.96. The molecule has 0 saturated heterocycles. The van der Waals surface area contributed by atoms with Crippen molar-refractivity contribution in [1.82, 2.24) is 0 Å². The molecule has 2 N–H and O–H groups in total. The number of halogens is 2. The van der Waals surface area contributed by atoms with Gasteiger partial charge in [0, 0.05) is 10.2 Å². The minimum atomic E-state index is 0.417. The van der Waals surface area contributed by atoms with E-state index in [-0.39, 0.29) is 0 Å². The SMILES string of the molecule is C=C(N)/C=C(/Cl)C(=C)Br. The molecule has 0 aromatic rings. The molecule has 0 atom stereocenters. The number of nitrogens with two attached hydrogens (primary N) is 1. The lowest BCUT2D eigenvalue weighted by Gasteiger charge is -1.92. The van der Waals surface area contributed by atoms with Crippen LogP contribution in [0.4, 0.5) is 0 Å². The first-order valence-corrected chi connectivity index (χ1v) is 3.37. The van der Waals surface area contributed by atoms with Crippen molar-refractivity contribution in [1.29, 1.82) is 0 Å². The third-order valence-corrected chi connectivity index (χ3v) is 1.56. The van der Waals surface area contributed by atoms with E-state index in [1.54, 1.807) is 0 Å². The van der Waals surface area contributed by atoms with Crippen LogP contribution in [-0.2, 0) is 0 Å². The van der Waals surface area contributed by atoms with E-state index < -0.39 is 0 Å². The van der Waals surface area contributed by atoms with Crippen molar-refractivity contribution in [3.63, 3.8) is 0 Å². The maximum absolute atomic E-state index is 5.58. The molecule has 0 amide bonds. The second kappa shape index (κ2) is 3.75. The molecule has 0 aromatic carbocycles. The summed E-state index contributed by atoms with van der Waals surface area (Å²) < 4.78 is 0.607. The maximum atomic E-state index is 5.58. The Morgan fingerprint density at radius 1 is 1.56 bits per heavy atom. The first-order valence-electron chi connectivity index (χ1n) is 2.20. The molecule has 0 heterocycles. The summed E-state index contributed by atoms with van der Waals surface area (Å²) in [5.74, 6) is 0. The molecular weight excluding hydrogens is 201 g/mol. The fourth-order valence-electron chi connectivity index (χ4n) is 0.241. The largest absolute Gasteiger partial charge is 0.399 e. The highest BCUT2D eigenvalue weighted by Gasteiger charge is 1.91. The minimum absolute atomic E-state index is 0.417. The molecule has 0 unspecified atom stereocenters. The number of hydrogen-bond donors (Lipinski definition) is 1. The molecule has 9 heavy (non-hydrogen) atoms. The van der Waals surface area contributed by atoms with Gasteiger partial charge in [0.1, 0.15) is 0 Å². The maximum Gasteiger partial charge on any atom is 0.0562 e. The van der Waals surface area contributed by atoms with Crippen molar-refractivity contribution in [2.24, 2.45) is 5.73 Å². The summed E-state index contributed by atoms with van der Waals surface area (Å²) in [4.78, 5) is 0. The van der Waals surface area contributed by atoms with E-state index in [1.165, 1.54) is 6.08 Å². The van der Waals surface area contributed by atoms with Gasteiger partial charge in [0.15, 0.2) is 0 Å². The zero-order chi connectivity index (χ0) is 7.44. The molecular formula is C6H7BrClN. The van der Waals surface area contributed by atoms with E-state index in [0.717, 1.165) is 0 Å². The fraction of sp³-hybridized carbons (Fsp3) is 0. The van der Waals surface area contributed by atoms with Gasteiger partial charge >= 0.3 is 0 Å². The topological polar surface area (TPSA) is 26.0 Å². The Balaban J connectivity index is 4.17. The number of rotatable bonds is 2. The van der Waals surface area contributed by atoms with Gasteiger partial charge in [-0.15, -0.1) is 0 Å². The summed E-state index contributed by atoms with van der Waals surface area (Å²) in [5.41, 5.74) is 5.63. The molecule has 0 fully saturated rings. The Morgan fingerprint density at radius 3 is 2.11 bits per heavy atom. The van der Waals surface area contributed by atoms with Gasteiger partial charge in [-0.2, -0.15) is 0 Å². The van der Waals surface area contributed by atoms with Crippen LogP contribution in [0.2, 0.25) is 0 Å². The average Bonchev–Trinajstić information content (AvgIpc) is 1.63. The van der Waals surface area contributed by atoms with E-state index in [1.807, 2.05) is 0 Å². The Bertz CT molecular complexity index is 172.